The van der Waals surface area contributed by atoms with Crippen molar-refractivity contribution in [3.05, 3.63) is 41.5 Å². The fourth-order valence-corrected chi connectivity index (χ4v) is 2.42. The van der Waals surface area contributed by atoms with E-state index in [-0.39, 0.29) is 16.5 Å². The van der Waals surface area contributed by atoms with Crippen LogP contribution in [0.4, 0.5) is 10.4 Å². The van der Waals surface area contributed by atoms with Crippen LogP contribution in [0.25, 0.3) is 0 Å². The molecule has 8 heteroatoms. The van der Waals surface area contributed by atoms with E-state index in [0.29, 0.717) is 5.69 Å². The van der Waals surface area contributed by atoms with Gasteiger partial charge in [0.05, 0.1) is 16.2 Å². The van der Waals surface area contributed by atoms with Gasteiger partial charge in [0, 0.05) is 0 Å². The van der Waals surface area contributed by atoms with Crippen LogP contribution in [-0.4, -0.2) is 25.1 Å². The Morgan fingerprint density at radius 1 is 1.48 bits per heavy atom. The normalized spacial score (nSPS) is 10.8. The number of hydrogen-bond donors (Lipinski definition) is 2. The minimum absolute atomic E-state index is 0.00466. The van der Waals surface area contributed by atoms with Gasteiger partial charge in [-0.05, 0) is 25.1 Å². The first-order chi connectivity index (χ1) is 9.92. The Morgan fingerprint density at radius 2 is 2.24 bits per heavy atom. The molecule has 0 spiro atoms. The first-order valence-electron chi connectivity index (χ1n) is 5.76. The van der Waals surface area contributed by atoms with Crippen molar-refractivity contribution in [3.8, 4) is 11.8 Å². The van der Waals surface area contributed by atoms with Crippen molar-refractivity contribution in [1.29, 1.82) is 0 Å². The third-order valence-electron chi connectivity index (χ3n) is 2.39. The standard InChI is InChI=1S/C13H11FN2O4S/c1-9-8-20-13(15-9)16-21(18,19)11-5-4-10(3-2-6-17)12(14)7-11/h4-5,7-8,17H,6H2,1H3,(H,15,16). The van der Waals surface area contributed by atoms with Crippen molar-refractivity contribution >= 4 is 16.0 Å². The number of aliphatic hydroxyl groups is 1. The van der Waals surface area contributed by atoms with E-state index in [2.05, 4.69) is 21.5 Å². The van der Waals surface area contributed by atoms with E-state index >= 15 is 0 Å². The summed E-state index contributed by atoms with van der Waals surface area (Å²) in [5.74, 6) is 3.85. The Kier molecular flexibility index (Phi) is 4.26. The highest BCUT2D eigenvalue weighted by Gasteiger charge is 2.18. The summed E-state index contributed by atoms with van der Waals surface area (Å²) in [5, 5.41) is 8.55. The molecule has 0 amide bonds. The van der Waals surface area contributed by atoms with Gasteiger partial charge in [-0.25, -0.2) is 17.5 Å². The molecule has 2 aromatic rings. The second kappa shape index (κ2) is 5.95. The largest absolute Gasteiger partial charge is 0.431 e. The summed E-state index contributed by atoms with van der Waals surface area (Å²) >= 11 is 0. The molecule has 0 saturated heterocycles. The van der Waals surface area contributed by atoms with Gasteiger partial charge in [0.25, 0.3) is 10.0 Å². The van der Waals surface area contributed by atoms with Crippen molar-refractivity contribution < 1.29 is 22.3 Å². The quantitative estimate of drug-likeness (QED) is 0.833. The molecule has 0 radical (unpaired) electrons. The van der Waals surface area contributed by atoms with Gasteiger partial charge >= 0.3 is 6.01 Å². The van der Waals surface area contributed by atoms with E-state index in [0.717, 1.165) is 6.07 Å². The van der Waals surface area contributed by atoms with Gasteiger partial charge < -0.3 is 9.52 Å². The maximum Gasteiger partial charge on any atom is 0.309 e. The SMILES string of the molecule is Cc1coc(NS(=O)(=O)c2ccc(C#CCO)c(F)c2)n1. The molecule has 2 N–H and O–H groups in total. The van der Waals surface area contributed by atoms with Crippen LogP contribution in [0.15, 0.2) is 33.8 Å². The molecular formula is C13H11FN2O4S. The molecule has 2 rings (SSSR count). The lowest BCUT2D eigenvalue weighted by Crippen LogP contribution is -2.13. The Labute approximate surface area is 120 Å². The molecule has 0 saturated carbocycles. The second-order valence-electron chi connectivity index (χ2n) is 4.00. The maximum absolute atomic E-state index is 13.7. The van der Waals surface area contributed by atoms with Gasteiger partial charge in [0.1, 0.15) is 18.7 Å². The Morgan fingerprint density at radius 3 is 2.81 bits per heavy atom. The molecule has 1 aromatic carbocycles. The van der Waals surface area contributed by atoms with Gasteiger partial charge in [-0.2, -0.15) is 4.98 Å². The minimum atomic E-state index is -4.00. The number of anilines is 1. The maximum atomic E-state index is 13.7. The van der Waals surface area contributed by atoms with E-state index in [1.54, 1.807) is 6.92 Å². The average molecular weight is 310 g/mol. The highest BCUT2D eigenvalue weighted by Crippen LogP contribution is 2.18. The number of aromatic nitrogens is 1. The minimum Gasteiger partial charge on any atom is -0.431 e. The fourth-order valence-electron chi connectivity index (χ4n) is 1.47. The second-order valence-corrected chi connectivity index (χ2v) is 5.68. The lowest BCUT2D eigenvalue weighted by molar-refractivity contribution is 0.350. The first kappa shape index (κ1) is 15.0. The summed E-state index contributed by atoms with van der Waals surface area (Å²) in [6.07, 6.45) is 1.28. The van der Waals surface area contributed by atoms with Crippen LogP contribution < -0.4 is 4.72 Å². The van der Waals surface area contributed by atoms with Gasteiger partial charge in [-0.1, -0.05) is 11.8 Å². The molecule has 0 bridgehead atoms. The number of oxazole rings is 1. The predicted molar refractivity (Wildman–Crippen MR) is 72.4 cm³/mol. The number of benzene rings is 1. The van der Waals surface area contributed by atoms with Crippen LogP contribution in [-0.2, 0) is 10.0 Å². The monoisotopic (exact) mass is 310 g/mol. The zero-order valence-corrected chi connectivity index (χ0v) is 11.7. The number of sulfonamides is 1. The van der Waals surface area contributed by atoms with Crippen molar-refractivity contribution in [2.24, 2.45) is 0 Å². The number of rotatable bonds is 3. The topological polar surface area (TPSA) is 92.4 Å². The van der Waals surface area contributed by atoms with E-state index < -0.39 is 22.4 Å². The lowest BCUT2D eigenvalue weighted by Gasteiger charge is -2.05. The van der Waals surface area contributed by atoms with Gasteiger partial charge in [0.15, 0.2) is 0 Å². The molecule has 0 atom stereocenters. The number of aliphatic hydroxyl groups excluding tert-OH is 1. The van der Waals surface area contributed by atoms with E-state index in [9.17, 15) is 12.8 Å². The highest BCUT2D eigenvalue weighted by atomic mass is 32.2. The van der Waals surface area contributed by atoms with E-state index in [4.69, 9.17) is 9.52 Å². The summed E-state index contributed by atoms with van der Waals surface area (Å²) in [6, 6.07) is 3.05. The van der Waals surface area contributed by atoms with Crippen LogP contribution in [0.3, 0.4) is 0 Å². The Balaban J connectivity index is 2.30. The molecule has 0 unspecified atom stereocenters. The van der Waals surface area contributed by atoms with Crippen LogP contribution in [0.2, 0.25) is 0 Å². The Bertz CT molecular complexity index is 818. The molecule has 0 fully saturated rings. The van der Waals surface area contributed by atoms with E-state index in [1.165, 1.54) is 18.4 Å². The smallest absolute Gasteiger partial charge is 0.309 e. The molecule has 0 aliphatic heterocycles. The average Bonchev–Trinajstić information content (AvgIpc) is 2.82. The van der Waals surface area contributed by atoms with Gasteiger partial charge in [0.2, 0.25) is 0 Å². The third kappa shape index (κ3) is 3.59. The summed E-state index contributed by atoms with van der Waals surface area (Å²) in [4.78, 5) is 3.51. The zero-order chi connectivity index (χ0) is 15.5. The van der Waals surface area contributed by atoms with Crippen molar-refractivity contribution in [1.82, 2.24) is 4.98 Å². The van der Waals surface area contributed by atoms with Crippen LogP contribution in [0.1, 0.15) is 11.3 Å². The molecule has 1 aromatic heterocycles. The van der Waals surface area contributed by atoms with Crippen LogP contribution >= 0.6 is 0 Å². The molecule has 6 nitrogen and oxygen atoms in total. The summed E-state index contributed by atoms with van der Waals surface area (Å²) in [6.45, 7) is 1.22. The zero-order valence-electron chi connectivity index (χ0n) is 10.9. The number of aryl methyl sites for hydroxylation is 1. The highest BCUT2D eigenvalue weighted by molar-refractivity contribution is 7.92. The lowest BCUT2D eigenvalue weighted by atomic mass is 10.2. The molecule has 110 valence electrons. The summed E-state index contributed by atoms with van der Waals surface area (Å²) < 4.78 is 44.8. The molecule has 0 aliphatic rings. The molecule has 0 aliphatic carbocycles. The predicted octanol–water partition coefficient (Wildman–Crippen LogP) is 1.27. The molecule has 21 heavy (non-hydrogen) atoms. The Hall–Kier alpha value is -2.37. The van der Waals surface area contributed by atoms with Crippen LogP contribution in [0, 0.1) is 24.6 Å². The van der Waals surface area contributed by atoms with Crippen LogP contribution in [0.5, 0.6) is 0 Å². The van der Waals surface area contributed by atoms with Crippen molar-refractivity contribution in [2.45, 2.75) is 11.8 Å². The summed E-state index contributed by atoms with van der Waals surface area (Å²) in [7, 11) is -4.00. The van der Waals surface area contributed by atoms with E-state index in [1.807, 2.05) is 0 Å². The van der Waals surface area contributed by atoms with Crippen molar-refractivity contribution in [3.63, 3.8) is 0 Å². The first-order valence-corrected chi connectivity index (χ1v) is 7.25. The number of nitrogens with one attached hydrogen (secondary N) is 1. The van der Waals surface area contributed by atoms with Gasteiger partial charge in [-0.15, -0.1) is 0 Å². The van der Waals surface area contributed by atoms with Crippen molar-refractivity contribution in [2.75, 3.05) is 11.3 Å². The number of halogens is 1. The molecule has 1 heterocycles. The molecular weight excluding hydrogens is 299 g/mol. The van der Waals surface area contributed by atoms with Gasteiger partial charge in [-0.3, -0.25) is 0 Å². The third-order valence-corrected chi connectivity index (χ3v) is 3.71. The number of hydrogen-bond acceptors (Lipinski definition) is 5. The fraction of sp³-hybridized carbons (Fsp3) is 0.154. The number of nitrogens with zero attached hydrogens (tertiary/aromatic N) is 1. The summed E-state index contributed by atoms with van der Waals surface area (Å²) in [5.41, 5.74) is 0.503.